The Balaban J connectivity index is 0.00000106. The van der Waals surface area contributed by atoms with Crippen molar-refractivity contribution in [1.82, 2.24) is 4.90 Å². The molecule has 0 aliphatic rings. The molecular weight excluding hydrogens is 324 g/mol. The van der Waals surface area contributed by atoms with E-state index in [1.165, 1.54) is 11.1 Å². The molecule has 21 heavy (non-hydrogen) atoms. The Morgan fingerprint density at radius 1 is 0.905 bits per heavy atom. The van der Waals surface area contributed by atoms with Gasteiger partial charge in [0.15, 0.2) is 0 Å². The molecule has 3 heteroatoms. The lowest BCUT2D eigenvalue weighted by Crippen LogP contribution is -2.23. The predicted octanol–water partition coefficient (Wildman–Crippen LogP) is 5.00. The zero-order valence-electron chi connectivity index (χ0n) is 12.6. The first-order valence-electron chi connectivity index (χ1n) is 7.15. The van der Waals surface area contributed by atoms with Crippen molar-refractivity contribution in [1.29, 1.82) is 5.26 Å². The van der Waals surface area contributed by atoms with Crippen molar-refractivity contribution >= 4 is 15.9 Å². The van der Waals surface area contributed by atoms with Crippen LogP contribution in [-0.4, -0.2) is 11.4 Å². The molecule has 0 fully saturated rings. The Morgan fingerprint density at radius 3 is 1.95 bits per heavy atom. The minimum Gasteiger partial charge on any atom is -0.282 e. The zero-order chi connectivity index (χ0) is 15.5. The summed E-state index contributed by atoms with van der Waals surface area (Å²) in [6.45, 7) is 6.02. The number of rotatable bonds is 5. The number of nitrogens with zero attached hydrogens (tertiary/aromatic N) is 2. The van der Waals surface area contributed by atoms with Gasteiger partial charge in [-0.2, -0.15) is 5.26 Å². The molecule has 2 nitrogen and oxygen atoms in total. The first-order chi connectivity index (χ1) is 10.3. The van der Waals surface area contributed by atoms with E-state index in [0.717, 1.165) is 17.6 Å². The lowest BCUT2D eigenvalue weighted by molar-refractivity contribution is 0.289. The van der Waals surface area contributed by atoms with E-state index in [1.807, 2.05) is 44.2 Å². The van der Waals surface area contributed by atoms with Gasteiger partial charge in [0.2, 0.25) is 0 Å². The Hall–Kier alpha value is -1.63. The highest BCUT2D eigenvalue weighted by Crippen LogP contribution is 2.13. The van der Waals surface area contributed by atoms with E-state index < -0.39 is 0 Å². The molecule has 110 valence electrons. The van der Waals surface area contributed by atoms with Gasteiger partial charge in [0.1, 0.15) is 0 Å². The summed E-state index contributed by atoms with van der Waals surface area (Å²) in [6.07, 6.45) is 0. The van der Waals surface area contributed by atoms with Crippen molar-refractivity contribution < 1.29 is 0 Å². The maximum absolute atomic E-state index is 8.94. The van der Waals surface area contributed by atoms with Crippen LogP contribution in [-0.2, 0) is 13.1 Å². The molecule has 2 aromatic carbocycles. The maximum atomic E-state index is 8.94. The van der Waals surface area contributed by atoms with Crippen molar-refractivity contribution in [2.45, 2.75) is 26.9 Å². The summed E-state index contributed by atoms with van der Waals surface area (Å²) in [4.78, 5) is 2.14. The van der Waals surface area contributed by atoms with Gasteiger partial charge in [-0.1, -0.05) is 72.2 Å². The molecule has 0 saturated carbocycles. The summed E-state index contributed by atoms with van der Waals surface area (Å²) in [7, 11) is 0. The molecule has 0 N–H and O–H groups in total. The van der Waals surface area contributed by atoms with E-state index in [9.17, 15) is 0 Å². The maximum Gasteiger partial charge on any atom is 0.0871 e. The second-order valence-corrected chi connectivity index (χ2v) is 5.33. The number of hydrogen-bond acceptors (Lipinski definition) is 2. The van der Waals surface area contributed by atoms with Gasteiger partial charge in [0, 0.05) is 17.6 Å². The second-order valence-electron chi connectivity index (χ2n) is 4.42. The first kappa shape index (κ1) is 17.4. The molecule has 0 heterocycles. The van der Waals surface area contributed by atoms with Crippen molar-refractivity contribution in [3.63, 3.8) is 0 Å². The van der Waals surface area contributed by atoms with Crippen molar-refractivity contribution in [2.75, 3.05) is 6.54 Å². The van der Waals surface area contributed by atoms with Gasteiger partial charge < -0.3 is 0 Å². The molecule has 0 aliphatic carbocycles. The van der Waals surface area contributed by atoms with E-state index in [-0.39, 0.29) is 0 Å². The molecule has 0 saturated heterocycles. The van der Waals surface area contributed by atoms with Crippen molar-refractivity contribution in [3.05, 3.63) is 70.2 Å². The smallest absolute Gasteiger partial charge is 0.0871 e. The van der Waals surface area contributed by atoms with Crippen LogP contribution in [0.5, 0.6) is 0 Å². The van der Waals surface area contributed by atoms with Gasteiger partial charge in [-0.05, 0) is 23.3 Å². The number of hydrogen-bond donors (Lipinski definition) is 0. The standard InChI is InChI=1S/C16H15BrN2.C2H6/c17-16-8-6-15(7-9-16)13-19(11-10-18)12-14-4-2-1-3-5-14;1-2/h1-9H,11-13H2;1-2H3. The topological polar surface area (TPSA) is 27.0 Å². The summed E-state index contributed by atoms with van der Waals surface area (Å²) in [5.41, 5.74) is 2.45. The highest BCUT2D eigenvalue weighted by Gasteiger charge is 2.06. The Labute approximate surface area is 136 Å². The summed E-state index contributed by atoms with van der Waals surface area (Å²) < 4.78 is 1.08. The average molecular weight is 345 g/mol. The molecule has 0 spiro atoms. The lowest BCUT2D eigenvalue weighted by atomic mass is 10.1. The Morgan fingerprint density at radius 2 is 1.43 bits per heavy atom. The minimum atomic E-state index is 0.435. The predicted molar refractivity (Wildman–Crippen MR) is 91.7 cm³/mol. The van der Waals surface area contributed by atoms with E-state index in [0.29, 0.717) is 6.54 Å². The van der Waals surface area contributed by atoms with Crippen LogP contribution in [0.4, 0.5) is 0 Å². The fourth-order valence-corrected chi connectivity index (χ4v) is 2.22. The molecular formula is C18H21BrN2. The monoisotopic (exact) mass is 344 g/mol. The third-order valence-corrected chi connectivity index (χ3v) is 3.39. The third-order valence-electron chi connectivity index (χ3n) is 2.86. The van der Waals surface area contributed by atoms with Gasteiger partial charge in [-0.3, -0.25) is 4.90 Å². The molecule has 2 rings (SSSR count). The third kappa shape index (κ3) is 6.57. The number of nitriles is 1. The molecule has 0 aliphatic heterocycles. The van der Waals surface area contributed by atoms with Crippen molar-refractivity contribution in [2.24, 2.45) is 0 Å². The zero-order valence-corrected chi connectivity index (χ0v) is 14.2. The molecule has 0 bridgehead atoms. The molecule has 0 amide bonds. The Kier molecular flexibility index (Phi) is 8.42. The van der Waals surface area contributed by atoms with Crippen LogP contribution in [0, 0.1) is 11.3 Å². The van der Waals surface area contributed by atoms with Crippen LogP contribution in [0.3, 0.4) is 0 Å². The SMILES string of the molecule is CC.N#CCN(Cc1ccccc1)Cc1ccc(Br)cc1. The second kappa shape index (κ2) is 10.1. The van der Waals surface area contributed by atoms with E-state index in [2.05, 4.69) is 51.2 Å². The molecule has 0 unspecified atom stereocenters. The van der Waals surface area contributed by atoms with Gasteiger partial charge in [0.25, 0.3) is 0 Å². The van der Waals surface area contributed by atoms with E-state index in [1.54, 1.807) is 0 Å². The quantitative estimate of drug-likeness (QED) is 0.713. The lowest BCUT2D eigenvalue weighted by Gasteiger charge is -2.19. The van der Waals surface area contributed by atoms with Crippen LogP contribution in [0.2, 0.25) is 0 Å². The van der Waals surface area contributed by atoms with Crippen LogP contribution in [0.15, 0.2) is 59.1 Å². The van der Waals surface area contributed by atoms with Crippen LogP contribution in [0.1, 0.15) is 25.0 Å². The van der Waals surface area contributed by atoms with E-state index >= 15 is 0 Å². The molecule has 0 radical (unpaired) electrons. The summed E-state index contributed by atoms with van der Waals surface area (Å²) in [6, 6.07) is 20.7. The van der Waals surface area contributed by atoms with Crippen LogP contribution >= 0.6 is 15.9 Å². The molecule has 0 atom stereocenters. The van der Waals surface area contributed by atoms with Crippen LogP contribution in [0.25, 0.3) is 0 Å². The van der Waals surface area contributed by atoms with Gasteiger partial charge >= 0.3 is 0 Å². The normalized spacial score (nSPS) is 9.67. The summed E-state index contributed by atoms with van der Waals surface area (Å²) in [5, 5.41) is 8.94. The first-order valence-corrected chi connectivity index (χ1v) is 7.95. The summed E-state index contributed by atoms with van der Waals surface area (Å²) >= 11 is 3.43. The summed E-state index contributed by atoms with van der Waals surface area (Å²) in [5.74, 6) is 0. The minimum absolute atomic E-state index is 0.435. The Bertz CT molecular complexity index is 544. The van der Waals surface area contributed by atoms with Gasteiger partial charge in [0.05, 0.1) is 12.6 Å². The largest absolute Gasteiger partial charge is 0.282 e. The molecule has 2 aromatic rings. The van der Waals surface area contributed by atoms with Crippen molar-refractivity contribution in [3.8, 4) is 6.07 Å². The number of benzene rings is 2. The number of halogens is 1. The highest BCUT2D eigenvalue weighted by molar-refractivity contribution is 9.10. The highest BCUT2D eigenvalue weighted by atomic mass is 79.9. The van der Waals surface area contributed by atoms with E-state index in [4.69, 9.17) is 5.26 Å². The van der Waals surface area contributed by atoms with Gasteiger partial charge in [-0.15, -0.1) is 0 Å². The average Bonchev–Trinajstić information content (AvgIpc) is 2.53. The molecule has 0 aromatic heterocycles. The van der Waals surface area contributed by atoms with Crippen LogP contribution < -0.4 is 0 Å². The van der Waals surface area contributed by atoms with Gasteiger partial charge in [-0.25, -0.2) is 0 Å². The fourth-order valence-electron chi connectivity index (χ4n) is 1.96. The fraction of sp³-hybridized carbons (Fsp3) is 0.278.